The number of halogens is 1. The van der Waals surface area contributed by atoms with Gasteiger partial charge in [0.1, 0.15) is 0 Å². The second-order valence-electron chi connectivity index (χ2n) is 9.48. The molecule has 1 aliphatic carbocycles. The molecule has 0 unspecified atom stereocenters. The largest absolute Gasteiger partial charge is 0.352 e. The summed E-state index contributed by atoms with van der Waals surface area (Å²) in [7, 11) is 0. The molecule has 0 spiro atoms. The van der Waals surface area contributed by atoms with Crippen LogP contribution in [0.25, 0.3) is 10.8 Å². The highest BCUT2D eigenvalue weighted by Gasteiger charge is 2.23. The van der Waals surface area contributed by atoms with Crippen molar-refractivity contribution >= 4 is 39.9 Å². The van der Waals surface area contributed by atoms with Crippen LogP contribution in [0.5, 0.6) is 0 Å². The lowest BCUT2D eigenvalue weighted by molar-refractivity contribution is -0.128. The Labute approximate surface area is 197 Å². The molecule has 2 amide bonds. The maximum Gasteiger partial charge on any atom is 0.274 e. The molecule has 1 fully saturated rings. The summed E-state index contributed by atoms with van der Waals surface area (Å²) in [5.41, 5.74) is 0.896. The maximum atomic E-state index is 13.0. The number of fused-ring (bicyclic) bond motifs is 1. The van der Waals surface area contributed by atoms with E-state index in [4.69, 9.17) is 11.6 Å². The van der Waals surface area contributed by atoms with Crippen LogP contribution in [-0.2, 0) is 11.3 Å². The molecular weight excluding hydrogens is 440 g/mol. The van der Waals surface area contributed by atoms with Gasteiger partial charge in [-0.05, 0) is 49.1 Å². The van der Waals surface area contributed by atoms with E-state index in [0.717, 1.165) is 30.2 Å². The van der Waals surface area contributed by atoms with Crippen LogP contribution in [0, 0.1) is 5.41 Å². The Balaban J connectivity index is 1.54. The summed E-state index contributed by atoms with van der Waals surface area (Å²) < 4.78 is 1.55. The van der Waals surface area contributed by atoms with Crippen molar-refractivity contribution in [2.75, 3.05) is 5.32 Å². The minimum Gasteiger partial charge on any atom is -0.352 e. The molecular formula is C25H27ClN4O3. The number of nitrogens with one attached hydrogen (secondary N) is 2. The lowest BCUT2D eigenvalue weighted by Gasteiger charge is -2.26. The van der Waals surface area contributed by atoms with E-state index in [1.165, 1.54) is 0 Å². The van der Waals surface area contributed by atoms with Gasteiger partial charge >= 0.3 is 0 Å². The van der Waals surface area contributed by atoms with Gasteiger partial charge in [-0.2, -0.15) is 5.10 Å². The Morgan fingerprint density at radius 1 is 1.15 bits per heavy atom. The molecule has 33 heavy (non-hydrogen) atoms. The summed E-state index contributed by atoms with van der Waals surface area (Å²) in [6.07, 6.45) is 4.71. The lowest BCUT2D eigenvalue weighted by atomic mass is 9.93. The van der Waals surface area contributed by atoms with Gasteiger partial charge in [0.15, 0.2) is 0 Å². The normalized spacial score (nSPS) is 14.1. The van der Waals surface area contributed by atoms with Gasteiger partial charge in [-0.3, -0.25) is 14.4 Å². The number of aromatic nitrogens is 2. The number of rotatable bonds is 5. The number of nitrogens with zero attached hydrogens (tertiary/aromatic N) is 2. The quantitative estimate of drug-likeness (QED) is 0.570. The van der Waals surface area contributed by atoms with E-state index in [9.17, 15) is 14.4 Å². The molecule has 0 saturated heterocycles. The minimum absolute atomic E-state index is 0.0818. The van der Waals surface area contributed by atoms with Crippen molar-refractivity contribution in [2.24, 2.45) is 5.41 Å². The van der Waals surface area contributed by atoms with Crippen LogP contribution >= 0.6 is 11.6 Å². The van der Waals surface area contributed by atoms with Crippen LogP contribution in [0.4, 0.5) is 5.69 Å². The summed E-state index contributed by atoms with van der Waals surface area (Å²) in [5.74, 6) is -0.474. The van der Waals surface area contributed by atoms with Gasteiger partial charge in [0, 0.05) is 23.0 Å². The molecule has 7 nitrogen and oxygen atoms in total. The van der Waals surface area contributed by atoms with Crippen molar-refractivity contribution in [1.82, 2.24) is 15.1 Å². The lowest BCUT2D eigenvalue weighted by Crippen LogP contribution is -2.34. The molecule has 1 heterocycles. The van der Waals surface area contributed by atoms with Crippen LogP contribution in [0.3, 0.4) is 0 Å². The molecule has 3 aromatic rings. The van der Waals surface area contributed by atoms with Crippen molar-refractivity contribution in [1.29, 1.82) is 0 Å². The molecule has 0 atom stereocenters. The number of hydrogen-bond acceptors (Lipinski definition) is 4. The third-order valence-electron chi connectivity index (χ3n) is 5.90. The molecule has 0 aliphatic heterocycles. The number of hydrogen-bond donors (Lipinski definition) is 2. The van der Waals surface area contributed by atoms with Gasteiger partial charge in [-0.15, -0.1) is 0 Å². The van der Waals surface area contributed by atoms with Crippen LogP contribution in [0.2, 0.25) is 5.02 Å². The second kappa shape index (κ2) is 8.98. The highest BCUT2D eigenvalue weighted by molar-refractivity contribution is 6.34. The van der Waals surface area contributed by atoms with Gasteiger partial charge in [0.25, 0.3) is 11.5 Å². The smallest absolute Gasteiger partial charge is 0.274 e. The summed E-state index contributed by atoms with van der Waals surface area (Å²) in [6.45, 7) is 5.80. The van der Waals surface area contributed by atoms with Gasteiger partial charge in [-0.25, -0.2) is 4.68 Å². The molecule has 2 N–H and O–H groups in total. The van der Waals surface area contributed by atoms with E-state index >= 15 is 0 Å². The Morgan fingerprint density at radius 3 is 2.58 bits per heavy atom. The average Bonchev–Trinajstić information content (AvgIpc) is 2.73. The monoisotopic (exact) mass is 466 g/mol. The molecule has 4 rings (SSSR count). The SMILES string of the molecule is CC(C)(C)C(=O)NCc1ccc(Cl)c(C(=O)Nc2ccc3cnn(C4CCC4)c(=O)c3c2)c1. The Hall–Kier alpha value is -3.19. The second-order valence-corrected chi connectivity index (χ2v) is 9.89. The van der Waals surface area contributed by atoms with Crippen LogP contribution < -0.4 is 16.2 Å². The van der Waals surface area contributed by atoms with E-state index in [1.807, 2.05) is 20.8 Å². The van der Waals surface area contributed by atoms with Gasteiger partial charge in [0.05, 0.1) is 28.2 Å². The van der Waals surface area contributed by atoms with Crippen LogP contribution in [0.1, 0.15) is 62.0 Å². The molecule has 1 aliphatic rings. The number of carbonyl (C=O) groups excluding carboxylic acids is 2. The molecule has 1 saturated carbocycles. The Kier molecular flexibility index (Phi) is 6.26. The summed E-state index contributed by atoms with van der Waals surface area (Å²) in [6, 6.07) is 10.4. The van der Waals surface area contributed by atoms with Gasteiger partial charge < -0.3 is 10.6 Å². The first-order valence-electron chi connectivity index (χ1n) is 11.0. The predicted octanol–water partition coefficient (Wildman–Crippen LogP) is 4.69. The van der Waals surface area contributed by atoms with Crippen molar-refractivity contribution in [3.05, 3.63) is 69.1 Å². The first kappa shape index (κ1) is 23.0. The molecule has 172 valence electrons. The minimum atomic E-state index is -0.505. The van der Waals surface area contributed by atoms with Crippen molar-refractivity contribution in [3.63, 3.8) is 0 Å². The maximum absolute atomic E-state index is 13.0. The van der Waals surface area contributed by atoms with Crippen LogP contribution in [0.15, 0.2) is 47.4 Å². The van der Waals surface area contributed by atoms with E-state index in [-0.39, 0.29) is 24.1 Å². The number of anilines is 1. The van der Waals surface area contributed by atoms with Gasteiger partial charge in [-0.1, -0.05) is 44.5 Å². The number of amides is 2. The predicted molar refractivity (Wildman–Crippen MR) is 130 cm³/mol. The third-order valence-corrected chi connectivity index (χ3v) is 6.23. The highest BCUT2D eigenvalue weighted by atomic mass is 35.5. The van der Waals surface area contributed by atoms with E-state index in [1.54, 1.807) is 47.3 Å². The summed E-state index contributed by atoms with van der Waals surface area (Å²) in [4.78, 5) is 38.0. The fourth-order valence-corrected chi connectivity index (χ4v) is 3.83. The fraction of sp³-hybridized carbons (Fsp3) is 0.360. The van der Waals surface area contributed by atoms with Gasteiger partial charge in [0.2, 0.25) is 5.91 Å². The first-order chi connectivity index (χ1) is 15.6. The highest BCUT2D eigenvalue weighted by Crippen LogP contribution is 2.30. The number of carbonyl (C=O) groups is 2. The average molecular weight is 467 g/mol. The Bertz CT molecular complexity index is 1290. The van der Waals surface area contributed by atoms with Crippen molar-refractivity contribution in [3.8, 4) is 0 Å². The van der Waals surface area contributed by atoms with Crippen molar-refractivity contribution in [2.45, 2.75) is 52.6 Å². The molecule has 0 radical (unpaired) electrons. The zero-order valence-electron chi connectivity index (χ0n) is 18.9. The molecule has 1 aromatic heterocycles. The number of benzene rings is 2. The first-order valence-corrected chi connectivity index (χ1v) is 11.4. The van der Waals surface area contributed by atoms with E-state index in [2.05, 4.69) is 15.7 Å². The van der Waals surface area contributed by atoms with E-state index in [0.29, 0.717) is 21.7 Å². The topological polar surface area (TPSA) is 93.1 Å². The summed E-state index contributed by atoms with van der Waals surface area (Å²) in [5, 5.41) is 11.5. The molecule has 0 bridgehead atoms. The summed E-state index contributed by atoms with van der Waals surface area (Å²) >= 11 is 6.28. The fourth-order valence-electron chi connectivity index (χ4n) is 3.63. The Morgan fingerprint density at radius 2 is 1.91 bits per heavy atom. The standard InChI is InChI=1S/C25H27ClN4O3/c1-25(2,3)24(33)27-13-15-7-10-21(26)20(11-15)22(31)29-17-9-8-16-14-28-30(18-5-4-6-18)23(32)19(16)12-17/h7-12,14,18H,4-6,13H2,1-3H3,(H,27,33)(H,29,31). The zero-order chi connectivity index (χ0) is 23.8. The van der Waals surface area contributed by atoms with E-state index < -0.39 is 11.3 Å². The van der Waals surface area contributed by atoms with Crippen LogP contribution in [-0.4, -0.2) is 21.6 Å². The molecule has 8 heteroatoms. The zero-order valence-corrected chi connectivity index (χ0v) is 19.7. The molecule has 2 aromatic carbocycles. The van der Waals surface area contributed by atoms with Crippen molar-refractivity contribution < 1.29 is 9.59 Å². The third kappa shape index (κ3) is 4.93.